The van der Waals surface area contributed by atoms with Crippen LogP contribution in [0, 0.1) is 0 Å². The minimum absolute atomic E-state index is 0.0658. The summed E-state index contributed by atoms with van der Waals surface area (Å²) in [6.07, 6.45) is 0. The summed E-state index contributed by atoms with van der Waals surface area (Å²) < 4.78 is 11.1. The maximum absolute atomic E-state index is 11.3. The van der Waals surface area contributed by atoms with Crippen LogP contribution >= 0.6 is 0 Å². The average Bonchev–Trinajstić information content (AvgIpc) is 2.24. The van der Waals surface area contributed by atoms with E-state index in [0.29, 0.717) is 30.2 Å². The van der Waals surface area contributed by atoms with Crippen molar-refractivity contribution in [1.29, 1.82) is 0 Å². The SMILES string of the molecule is CC(=O)c1cc(OCCOC(C)(C)C)ccc1N. The quantitative estimate of drug-likeness (QED) is 0.496. The number of anilines is 1. The van der Waals surface area contributed by atoms with Gasteiger partial charge in [0.15, 0.2) is 5.78 Å². The minimum atomic E-state index is -0.172. The van der Waals surface area contributed by atoms with Crippen molar-refractivity contribution in [2.75, 3.05) is 18.9 Å². The second kappa shape index (κ2) is 5.87. The lowest BCUT2D eigenvalue weighted by atomic mass is 10.1. The molecular weight excluding hydrogens is 230 g/mol. The van der Waals surface area contributed by atoms with Gasteiger partial charge in [-0.25, -0.2) is 0 Å². The Balaban J connectivity index is 2.53. The predicted molar refractivity (Wildman–Crippen MR) is 72.1 cm³/mol. The van der Waals surface area contributed by atoms with E-state index in [2.05, 4.69) is 0 Å². The summed E-state index contributed by atoms with van der Waals surface area (Å²) in [7, 11) is 0. The van der Waals surface area contributed by atoms with Crippen LogP contribution in [-0.4, -0.2) is 24.6 Å². The summed E-state index contributed by atoms with van der Waals surface area (Å²) in [5, 5.41) is 0. The van der Waals surface area contributed by atoms with Crippen molar-refractivity contribution < 1.29 is 14.3 Å². The second-order valence-corrected chi connectivity index (χ2v) is 5.11. The second-order valence-electron chi connectivity index (χ2n) is 5.11. The van der Waals surface area contributed by atoms with Gasteiger partial charge in [-0.1, -0.05) is 0 Å². The van der Waals surface area contributed by atoms with Gasteiger partial charge in [0, 0.05) is 11.3 Å². The molecule has 0 unspecified atom stereocenters. The van der Waals surface area contributed by atoms with E-state index in [0.717, 1.165) is 0 Å². The third-order valence-electron chi connectivity index (χ3n) is 2.29. The fraction of sp³-hybridized carbons (Fsp3) is 0.500. The van der Waals surface area contributed by atoms with Crippen LogP contribution in [0.5, 0.6) is 5.75 Å². The molecule has 0 radical (unpaired) electrons. The van der Waals surface area contributed by atoms with Crippen LogP contribution in [0.2, 0.25) is 0 Å². The third-order valence-corrected chi connectivity index (χ3v) is 2.29. The summed E-state index contributed by atoms with van der Waals surface area (Å²) in [6, 6.07) is 5.09. The maximum atomic E-state index is 11.3. The molecule has 18 heavy (non-hydrogen) atoms. The normalized spacial score (nSPS) is 11.3. The van der Waals surface area contributed by atoms with Crippen molar-refractivity contribution in [3.05, 3.63) is 23.8 Å². The van der Waals surface area contributed by atoms with Crippen molar-refractivity contribution in [2.24, 2.45) is 0 Å². The van der Waals surface area contributed by atoms with Gasteiger partial charge in [0.2, 0.25) is 0 Å². The Morgan fingerprint density at radius 3 is 2.50 bits per heavy atom. The van der Waals surface area contributed by atoms with E-state index in [9.17, 15) is 4.79 Å². The molecule has 0 aliphatic rings. The molecule has 0 amide bonds. The Morgan fingerprint density at radius 1 is 1.28 bits per heavy atom. The fourth-order valence-corrected chi connectivity index (χ4v) is 1.44. The zero-order valence-corrected chi connectivity index (χ0v) is 11.4. The molecule has 1 aromatic rings. The Kier molecular flexibility index (Phi) is 4.73. The lowest BCUT2D eigenvalue weighted by Crippen LogP contribution is -2.22. The van der Waals surface area contributed by atoms with Crippen LogP contribution in [0.4, 0.5) is 5.69 Å². The standard InChI is InChI=1S/C14H21NO3/c1-10(16)12-9-11(5-6-13(12)15)17-7-8-18-14(2,3)4/h5-6,9H,7-8,15H2,1-4H3. The molecule has 4 heteroatoms. The highest BCUT2D eigenvalue weighted by atomic mass is 16.5. The van der Waals surface area contributed by atoms with Crippen molar-refractivity contribution >= 4 is 11.5 Å². The highest BCUT2D eigenvalue weighted by Gasteiger charge is 2.10. The van der Waals surface area contributed by atoms with Crippen molar-refractivity contribution in [1.82, 2.24) is 0 Å². The molecule has 2 N–H and O–H groups in total. The van der Waals surface area contributed by atoms with E-state index in [-0.39, 0.29) is 11.4 Å². The molecule has 0 bridgehead atoms. The summed E-state index contributed by atoms with van der Waals surface area (Å²) in [5.41, 5.74) is 6.49. The first-order valence-electron chi connectivity index (χ1n) is 5.97. The van der Waals surface area contributed by atoms with Gasteiger partial charge in [0.1, 0.15) is 12.4 Å². The summed E-state index contributed by atoms with van der Waals surface area (Å²) >= 11 is 0. The summed E-state index contributed by atoms with van der Waals surface area (Å²) in [5.74, 6) is 0.566. The molecule has 0 aliphatic heterocycles. The average molecular weight is 251 g/mol. The number of rotatable bonds is 5. The highest BCUT2D eigenvalue weighted by molar-refractivity contribution is 5.99. The van der Waals surface area contributed by atoms with E-state index < -0.39 is 0 Å². The smallest absolute Gasteiger partial charge is 0.162 e. The first-order chi connectivity index (χ1) is 8.29. The number of nitrogen functional groups attached to an aromatic ring is 1. The Labute approximate surface area is 108 Å². The Hall–Kier alpha value is -1.55. The fourth-order valence-electron chi connectivity index (χ4n) is 1.44. The van der Waals surface area contributed by atoms with E-state index in [1.165, 1.54) is 6.92 Å². The van der Waals surface area contributed by atoms with Crippen LogP contribution in [0.15, 0.2) is 18.2 Å². The molecule has 0 saturated carbocycles. The number of Topliss-reactive ketones (excluding diaryl/α,β-unsaturated/α-hetero) is 1. The number of benzene rings is 1. The van der Waals surface area contributed by atoms with E-state index >= 15 is 0 Å². The van der Waals surface area contributed by atoms with Crippen LogP contribution < -0.4 is 10.5 Å². The molecule has 0 fully saturated rings. The van der Waals surface area contributed by atoms with Crippen LogP contribution in [0.3, 0.4) is 0 Å². The molecule has 4 nitrogen and oxygen atoms in total. The molecule has 0 aliphatic carbocycles. The zero-order chi connectivity index (χ0) is 13.8. The Morgan fingerprint density at radius 2 is 1.94 bits per heavy atom. The molecule has 100 valence electrons. The monoisotopic (exact) mass is 251 g/mol. The van der Waals surface area contributed by atoms with Crippen LogP contribution in [0.25, 0.3) is 0 Å². The molecule has 0 aromatic heterocycles. The number of hydrogen-bond acceptors (Lipinski definition) is 4. The van der Waals surface area contributed by atoms with Crippen LogP contribution in [-0.2, 0) is 4.74 Å². The molecule has 0 heterocycles. The van der Waals surface area contributed by atoms with Gasteiger partial charge in [-0.15, -0.1) is 0 Å². The van der Waals surface area contributed by atoms with Crippen LogP contribution in [0.1, 0.15) is 38.1 Å². The van der Waals surface area contributed by atoms with Gasteiger partial charge < -0.3 is 15.2 Å². The number of ether oxygens (including phenoxy) is 2. The molecule has 1 aromatic carbocycles. The first-order valence-corrected chi connectivity index (χ1v) is 5.97. The number of nitrogens with two attached hydrogens (primary N) is 1. The van der Waals surface area contributed by atoms with Gasteiger partial charge in [-0.05, 0) is 45.9 Å². The van der Waals surface area contributed by atoms with Gasteiger partial charge in [0.05, 0.1) is 12.2 Å². The first kappa shape index (κ1) is 14.5. The van der Waals surface area contributed by atoms with Gasteiger partial charge in [0.25, 0.3) is 0 Å². The van der Waals surface area contributed by atoms with Crippen molar-refractivity contribution in [2.45, 2.75) is 33.3 Å². The predicted octanol–water partition coefficient (Wildman–Crippen LogP) is 2.67. The zero-order valence-electron chi connectivity index (χ0n) is 11.4. The topological polar surface area (TPSA) is 61.5 Å². The molecule has 1 rings (SSSR count). The molecule has 0 atom stereocenters. The highest BCUT2D eigenvalue weighted by Crippen LogP contribution is 2.20. The number of carbonyl (C=O) groups is 1. The van der Waals surface area contributed by atoms with Gasteiger partial charge in [-0.3, -0.25) is 4.79 Å². The third kappa shape index (κ3) is 4.75. The van der Waals surface area contributed by atoms with Crippen molar-refractivity contribution in [3.63, 3.8) is 0 Å². The Bertz CT molecular complexity index is 422. The van der Waals surface area contributed by atoms with Crippen molar-refractivity contribution in [3.8, 4) is 5.75 Å². The number of carbonyl (C=O) groups excluding carboxylic acids is 1. The lowest BCUT2D eigenvalue weighted by molar-refractivity contribution is -0.0163. The maximum Gasteiger partial charge on any atom is 0.162 e. The minimum Gasteiger partial charge on any atom is -0.491 e. The number of ketones is 1. The number of hydrogen-bond donors (Lipinski definition) is 1. The molecule has 0 saturated heterocycles. The van der Waals surface area contributed by atoms with Gasteiger partial charge >= 0.3 is 0 Å². The molecular formula is C14H21NO3. The molecule has 0 spiro atoms. The van der Waals surface area contributed by atoms with Gasteiger partial charge in [-0.2, -0.15) is 0 Å². The van der Waals surface area contributed by atoms with E-state index in [1.807, 2.05) is 20.8 Å². The lowest BCUT2D eigenvalue weighted by Gasteiger charge is -2.19. The summed E-state index contributed by atoms with van der Waals surface area (Å²) in [6.45, 7) is 8.40. The summed E-state index contributed by atoms with van der Waals surface area (Å²) in [4.78, 5) is 11.3. The van der Waals surface area contributed by atoms with E-state index in [1.54, 1.807) is 18.2 Å². The largest absolute Gasteiger partial charge is 0.491 e. The van der Waals surface area contributed by atoms with E-state index in [4.69, 9.17) is 15.2 Å².